The minimum absolute atomic E-state index is 0.00143. The predicted octanol–water partition coefficient (Wildman–Crippen LogP) is 20.4. The standard InChI is InChI=1S/C69H129N2O6P/c1-6-8-10-12-14-16-18-20-22-24-26-28-30-31-32-33-34-35-36-37-38-39-41-43-45-47-49-51-53-55-57-59-61-63-69(73)70-67(66-77-78(74,75)76-65-64-71(3,4)5)68(72)62-60-58-56-54-52-50-48-46-44-42-40-29-27-25-23-21-19-17-15-13-11-9-7-2/h8,10,14,16,20,22,26,28,31-32,60,62,67-68,72H,6-7,9,11-13,15,17-19,21,23-25,27,29-30,33-59,61,63-66H2,1-5H3,(H-,70,73,74,75)/b10-8-,16-14-,22-20-,28-26-,32-31-,62-60+. The molecule has 9 heteroatoms. The number of aliphatic hydroxyl groups excluding tert-OH is 1. The minimum atomic E-state index is -4.60. The fraction of sp³-hybridized carbons (Fsp3) is 0.812. The van der Waals surface area contributed by atoms with Crippen molar-refractivity contribution in [2.75, 3.05) is 40.9 Å². The highest BCUT2D eigenvalue weighted by Crippen LogP contribution is 2.38. The molecule has 0 aliphatic carbocycles. The molecule has 0 radical (unpaired) electrons. The molecule has 0 aliphatic rings. The number of nitrogens with one attached hydrogen (secondary N) is 1. The average Bonchev–Trinajstić information content (AvgIpc) is 3.41. The van der Waals surface area contributed by atoms with E-state index in [0.29, 0.717) is 17.4 Å². The van der Waals surface area contributed by atoms with Gasteiger partial charge in [0, 0.05) is 6.42 Å². The molecule has 0 fully saturated rings. The van der Waals surface area contributed by atoms with Crippen molar-refractivity contribution in [1.29, 1.82) is 0 Å². The predicted molar refractivity (Wildman–Crippen MR) is 339 cm³/mol. The minimum Gasteiger partial charge on any atom is -0.756 e. The summed E-state index contributed by atoms with van der Waals surface area (Å²) in [4.78, 5) is 25.6. The third-order valence-corrected chi connectivity index (χ3v) is 15.9. The number of hydrogen-bond donors (Lipinski definition) is 2. The monoisotopic (exact) mass is 1110 g/mol. The molecule has 456 valence electrons. The lowest BCUT2D eigenvalue weighted by molar-refractivity contribution is -0.870. The van der Waals surface area contributed by atoms with Crippen LogP contribution in [0.1, 0.15) is 309 Å². The number of carbonyl (C=O) groups is 1. The number of aliphatic hydroxyl groups is 1. The highest BCUT2D eigenvalue weighted by Gasteiger charge is 2.23. The van der Waals surface area contributed by atoms with Gasteiger partial charge in [0.15, 0.2) is 0 Å². The zero-order valence-corrected chi connectivity index (χ0v) is 53.0. The molecule has 3 unspecified atom stereocenters. The zero-order chi connectivity index (χ0) is 57.0. The maximum atomic E-state index is 13.0. The Labute approximate surface area is 484 Å². The molecule has 0 aliphatic heterocycles. The largest absolute Gasteiger partial charge is 0.756 e. The second kappa shape index (κ2) is 59.6. The van der Waals surface area contributed by atoms with Crippen LogP contribution in [-0.4, -0.2) is 68.5 Å². The van der Waals surface area contributed by atoms with Crippen LogP contribution in [0.5, 0.6) is 0 Å². The quantitative estimate of drug-likeness (QED) is 0.0272. The Bertz CT molecular complexity index is 1500. The van der Waals surface area contributed by atoms with Crippen LogP contribution in [0.2, 0.25) is 0 Å². The van der Waals surface area contributed by atoms with Gasteiger partial charge in [0.1, 0.15) is 13.2 Å². The fourth-order valence-electron chi connectivity index (χ4n) is 9.77. The van der Waals surface area contributed by atoms with E-state index in [1.54, 1.807) is 6.08 Å². The highest BCUT2D eigenvalue weighted by molar-refractivity contribution is 7.45. The van der Waals surface area contributed by atoms with E-state index in [9.17, 15) is 19.4 Å². The topological polar surface area (TPSA) is 108 Å². The van der Waals surface area contributed by atoms with Gasteiger partial charge >= 0.3 is 0 Å². The third kappa shape index (κ3) is 61.6. The molecule has 0 aromatic rings. The molecule has 0 aromatic carbocycles. The van der Waals surface area contributed by atoms with Gasteiger partial charge in [-0.25, -0.2) is 0 Å². The van der Waals surface area contributed by atoms with Crippen LogP contribution in [0.3, 0.4) is 0 Å². The molecular weight excluding hydrogens is 984 g/mol. The number of allylic oxidation sites excluding steroid dienone is 11. The number of rotatable bonds is 61. The summed E-state index contributed by atoms with van der Waals surface area (Å²) in [5, 5.41) is 14.0. The van der Waals surface area contributed by atoms with Crippen molar-refractivity contribution in [2.45, 2.75) is 321 Å². The first-order chi connectivity index (χ1) is 38.0. The Kier molecular flexibility index (Phi) is 58.0. The number of likely N-dealkylation sites (N-methyl/N-ethyl adjacent to an activating group) is 1. The molecule has 0 heterocycles. The maximum absolute atomic E-state index is 13.0. The third-order valence-electron chi connectivity index (χ3n) is 14.9. The molecule has 0 spiro atoms. The summed E-state index contributed by atoms with van der Waals surface area (Å²) >= 11 is 0. The number of phosphoric ester groups is 1. The SMILES string of the molecule is CC/C=C\C/C=C\C/C=C\C/C=C\C/C=C\CCCCCCCCCCCCCCCCCCCC(=O)NC(COP(=O)([O-])OCC[N+](C)(C)C)C(O)/C=C/CCCCCCCCCCCCCCCCCCCCCCC. The summed E-state index contributed by atoms with van der Waals surface area (Å²) in [6.07, 6.45) is 82.9. The van der Waals surface area contributed by atoms with Gasteiger partial charge in [0.2, 0.25) is 5.91 Å². The van der Waals surface area contributed by atoms with Crippen molar-refractivity contribution in [1.82, 2.24) is 5.32 Å². The van der Waals surface area contributed by atoms with Crippen molar-refractivity contribution in [3.63, 3.8) is 0 Å². The zero-order valence-electron chi connectivity index (χ0n) is 52.1. The summed E-state index contributed by atoms with van der Waals surface area (Å²) in [6.45, 7) is 4.57. The Morgan fingerprint density at radius 1 is 0.462 bits per heavy atom. The fourth-order valence-corrected chi connectivity index (χ4v) is 10.5. The van der Waals surface area contributed by atoms with Crippen molar-refractivity contribution >= 4 is 13.7 Å². The Morgan fingerprint density at radius 3 is 1.14 bits per heavy atom. The maximum Gasteiger partial charge on any atom is 0.268 e. The first-order valence-corrected chi connectivity index (χ1v) is 34.8. The van der Waals surface area contributed by atoms with Gasteiger partial charge in [-0.2, -0.15) is 0 Å². The van der Waals surface area contributed by atoms with Crippen LogP contribution in [0.25, 0.3) is 0 Å². The van der Waals surface area contributed by atoms with E-state index in [2.05, 4.69) is 79.9 Å². The second-order valence-corrected chi connectivity index (χ2v) is 25.2. The highest BCUT2D eigenvalue weighted by atomic mass is 31.2. The summed E-state index contributed by atoms with van der Waals surface area (Å²) < 4.78 is 23.4. The number of carbonyl (C=O) groups excluding carboxylic acids is 1. The Hall–Kier alpha value is -2.06. The van der Waals surface area contributed by atoms with Gasteiger partial charge in [-0.3, -0.25) is 9.36 Å². The van der Waals surface area contributed by atoms with Crippen LogP contribution in [0.4, 0.5) is 0 Å². The summed E-state index contributed by atoms with van der Waals surface area (Å²) in [7, 11) is 1.27. The van der Waals surface area contributed by atoms with E-state index in [1.807, 2.05) is 27.2 Å². The van der Waals surface area contributed by atoms with Gasteiger partial charge in [-0.15, -0.1) is 0 Å². The molecule has 0 rings (SSSR count). The van der Waals surface area contributed by atoms with E-state index in [4.69, 9.17) is 9.05 Å². The number of unbranched alkanes of at least 4 members (excludes halogenated alkanes) is 38. The lowest BCUT2D eigenvalue weighted by atomic mass is 10.0. The van der Waals surface area contributed by atoms with Gasteiger partial charge in [-0.1, -0.05) is 311 Å². The number of amides is 1. The van der Waals surface area contributed by atoms with Gasteiger partial charge in [0.25, 0.3) is 7.82 Å². The van der Waals surface area contributed by atoms with Crippen LogP contribution in [0, 0.1) is 0 Å². The molecule has 0 saturated heterocycles. The van der Waals surface area contributed by atoms with Crippen LogP contribution in [-0.2, 0) is 18.4 Å². The number of hydrogen-bond acceptors (Lipinski definition) is 6. The van der Waals surface area contributed by atoms with Crippen molar-refractivity contribution in [2.24, 2.45) is 0 Å². The molecule has 0 saturated carbocycles. The lowest BCUT2D eigenvalue weighted by Crippen LogP contribution is -2.45. The van der Waals surface area contributed by atoms with Crippen LogP contribution >= 0.6 is 7.82 Å². The van der Waals surface area contributed by atoms with Crippen molar-refractivity contribution in [3.8, 4) is 0 Å². The molecule has 0 aromatic heterocycles. The molecule has 78 heavy (non-hydrogen) atoms. The number of nitrogens with zero attached hydrogens (tertiary/aromatic N) is 1. The van der Waals surface area contributed by atoms with E-state index >= 15 is 0 Å². The van der Waals surface area contributed by atoms with Crippen molar-refractivity contribution in [3.05, 3.63) is 72.9 Å². The Balaban J connectivity index is 4.08. The van der Waals surface area contributed by atoms with Crippen LogP contribution in [0.15, 0.2) is 72.9 Å². The summed E-state index contributed by atoms with van der Waals surface area (Å²) in [6, 6.07) is -0.890. The molecule has 2 N–H and O–H groups in total. The molecule has 0 bridgehead atoms. The molecule has 3 atom stereocenters. The summed E-state index contributed by atoms with van der Waals surface area (Å²) in [5.41, 5.74) is 0. The van der Waals surface area contributed by atoms with E-state index in [1.165, 1.54) is 218 Å². The van der Waals surface area contributed by atoms with Gasteiger partial charge < -0.3 is 28.8 Å². The first-order valence-electron chi connectivity index (χ1n) is 33.3. The number of phosphoric acid groups is 1. The first kappa shape index (κ1) is 75.9. The second-order valence-electron chi connectivity index (χ2n) is 23.8. The van der Waals surface area contributed by atoms with Gasteiger partial charge in [0.05, 0.1) is 39.9 Å². The smallest absolute Gasteiger partial charge is 0.268 e. The van der Waals surface area contributed by atoms with Crippen LogP contribution < -0.4 is 10.2 Å². The van der Waals surface area contributed by atoms with E-state index in [0.717, 1.165) is 70.6 Å². The summed E-state index contributed by atoms with van der Waals surface area (Å²) in [5.74, 6) is -0.194. The molecule has 8 nitrogen and oxygen atoms in total. The van der Waals surface area contributed by atoms with E-state index in [-0.39, 0.29) is 19.1 Å². The normalized spacial score (nSPS) is 14.2. The Morgan fingerprint density at radius 2 is 0.782 bits per heavy atom. The van der Waals surface area contributed by atoms with E-state index < -0.39 is 20.0 Å². The average molecular weight is 1110 g/mol. The molecular formula is C69H129N2O6P. The lowest BCUT2D eigenvalue weighted by Gasteiger charge is -2.29. The van der Waals surface area contributed by atoms with Crippen molar-refractivity contribution < 1.29 is 32.9 Å². The van der Waals surface area contributed by atoms with Gasteiger partial charge in [-0.05, 0) is 64.2 Å². The molecule has 1 amide bonds. The number of quaternary nitrogens is 1.